The van der Waals surface area contributed by atoms with Crippen molar-refractivity contribution in [2.24, 2.45) is 0 Å². The number of nitrogens with one attached hydrogen (secondary N) is 1. The summed E-state index contributed by atoms with van der Waals surface area (Å²) in [4.78, 5) is 16.2. The fourth-order valence-corrected chi connectivity index (χ4v) is 4.13. The molecular weight excluding hydrogens is 497 g/mol. The van der Waals surface area contributed by atoms with Crippen molar-refractivity contribution in [3.63, 3.8) is 0 Å². The molecule has 2 aromatic carbocycles. The second kappa shape index (κ2) is 8.71. The molecule has 2 heterocycles. The molecule has 1 aliphatic rings. The topological polar surface area (TPSA) is 102 Å². The molecule has 0 unspecified atom stereocenters. The lowest BCUT2D eigenvalue weighted by Gasteiger charge is -2.25. The van der Waals surface area contributed by atoms with Gasteiger partial charge in [0.2, 0.25) is 11.9 Å². The van der Waals surface area contributed by atoms with Gasteiger partial charge in [-0.1, -0.05) is 18.2 Å². The summed E-state index contributed by atoms with van der Waals surface area (Å²) >= 11 is 2.20. The van der Waals surface area contributed by atoms with Crippen LogP contribution in [-0.4, -0.2) is 27.3 Å². The summed E-state index contributed by atoms with van der Waals surface area (Å²) < 4.78 is 14.5. The molecule has 9 heteroatoms. The second-order valence-electron chi connectivity index (χ2n) is 6.62. The first-order valence-electron chi connectivity index (χ1n) is 9.37. The van der Waals surface area contributed by atoms with E-state index in [2.05, 4.69) is 44.1 Å². The Morgan fingerprint density at radius 2 is 2.17 bits per heavy atom. The number of ether oxygens (including phenoxy) is 2. The van der Waals surface area contributed by atoms with Gasteiger partial charge in [-0.05, 0) is 53.3 Å². The molecule has 1 atom stereocenters. The molecule has 152 valence electrons. The summed E-state index contributed by atoms with van der Waals surface area (Å²) in [6, 6.07) is 13.1. The van der Waals surface area contributed by atoms with Gasteiger partial charge in [0.15, 0.2) is 11.5 Å². The Labute approximate surface area is 187 Å². The van der Waals surface area contributed by atoms with Crippen LogP contribution >= 0.6 is 22.6 Å². The fourth-order valence-electron chi connectivity index (χ4n) is 3.35. The van der Waals surface area contributed by atoms with Gasteiger partial charge < -0.3 is 9.47 Å². The first-order valence-corrected chi connectivity index (χ1v) is 10.4. The lowest BCUT2D eigenvalue weighted by atomic mass is 10.0. The molecule has 1 amide bonds. The number of carbonyl (C=O) groups excluding carboxylic acids is 1. The van der Waals surface area contributed by atoms with Gasteiger partial charge in [0, 0.05) is 5.56 Å². The van der Waals surface area contributed by atoms with Crippen LogP contribution in [0.2, 0.25) is 0 Å². The van der Waals surface area contributed by atoms with Crippen molar-refractivity contribution in [3.8, 4) is 17.6 Å². The maximum absolute atomic E-state index is 12.1. The van der Waals surface area contributed by atoms with E-state index in [0.29, 0.717) is 29.6 Å². The molecule has 1 aromatic heterocycles. The summed E-state index contributed by atoms with van der Waals surface area (Å²) in [5.41, 5.74) is 2.27. The van der Waals surface area contributed by atoms with E-state index in [1.807, 2.05) is 37.3 Å². The van der Waals surface area contributed by atoms with Crippen LogP contribution in [0.1, 0.15) is 36.1 Å². The quantitative estimate of drug-likeness (QED) is 0.503. The molecule has 0 aliphatic carbocycles. The number of halogens is 1. The average Bonchev–Trinajstić information content (AvgIpc) is 3.21. The zero-order valence-corrected chi connectivity index (χ0v) is 18.3. The highest BCUT2D eigenvalue weighted by Gasteiger charge is 2.29. The Kier molecular flexibility index (Phi) is 5.85. The maximum atomic E-state index is 12.1. The molecule has 0 saturated carbocycles. The second-order valence-corrected chi connectivity index (χ2v) is 7.78. The molecule has 4 rings (SSSR count). The van der Waals surface area contributed by atoms with Crippen LogP contribution < -0.4 is 14.8 Å². The number of hydrogen-bond donors (Lipinski definition) is 1. The lowest BCUT2D eigenvalue weighted by Crippen LogP contribution is -2.29. The molecule has 0 fully saturated rings. The Bertz CT molecular complexity index is 1140. The molecule has 0 spiro atoms. The Morgan fingerprint density at radius 1 is 1.33 bits per heavy atom. The van der Waals surface area contributed by atoms with E-state index < -0.39 is 0 Å². The number of amides is 1. The van der Waals surface area contributed by atoms with Crippen LogP contribution in [0, 0.1) is 14.9 Å². The molecule has 1 N–H and O–H groups in total. The van der Waals surface area contributed by atoms with Crippen molar-refractivity contribution >= 4 is 34.4 Å². The smallest absolute Gasteiger partial charge is 0.229 e. The highest BCUT2D eigenvalue weighted by Crippen LogP contribution is 2.39. The minimum Gasteiger partial charge on any atom is -0.490 e. The van der Waals surface area contributed by atoms with Crippen molar-refractivity contribution in [1.82, 2.24) is 14.8 Å². The molecule has 0 bridgehead atoms. The number of nitriles is 1. The van der Waals surface area contributed by atoms with E-state index in [1.165, 1.54) is 6.33 Å². The minimum atomic E-state index is -0.280. The normalized spacial score (nSPS) is 15.1. The average molecular weight is 515 g/mol. The Morgan fingerprint density at radius 3 is 2.97 bits per heavy atom. The third kappa shape index (κ3) is 3.95. The predicted octanol–water partition coefficient (Wildman–Crippen LogP) is 3.66. The summed E-state index contributed by atoms with van der Waals surface area (Å²) in [6.45, 7) is 2.61. The number of anilines is 1. The van der Waals surface area contributed by atoms with Crippen LogP contribution in [-0.2, 0) is 11.4 Å². The number of hydrogen-bond acceptors (Lipinski definition) is 6. The van der Waals surface area contributed by atoms with E-state index in [4.69, 9.17) is 9.47 Å². The number of aromatic nitrogens is 3. The molecular formula is C21H18IN5O3. The Hall–Kier alpha value is -3.13. The van der Waals surface area contributed by atoms with E-state index in [-0.39, 0.29) is 25.0 Å². The molecule has 8 nitrogen and oxygen atoms in total. The van der Waals surface area contributed by atoms with E-state index in [0.717, 1.165) is 14.7 Å². The molecule has 30 heavy (non-hydrogen) atoms. The van der Waals surface area contributed by atoms with Crippen LogP contribution in [0.5, 0.6) is 11.5 Å². The molecule has 1 aliphatic heterocycles. The summed E-state index contributed by atoms with van der Waals surface area (Å²) in [5.74, 6) is 1.51. The first kappa shape index (κ1) is 20.2. The van der Waals surface area contributed by atoms with Gasteiger partial charge in [-0.15, -0.1) is 0 Å². The first-order chi connectivity index (χ1) is 14.6. The Balaban J connectivity index is 1.67. The third-order valence-electron chi connectivity index (χ3n) is 4.72. The lowest BCUT2D eigenvalue weighted by molar-refractivity contribution is -0.117. The molecule has 0 radical (unpaired) electrons. The van der Waals surface area contributed by atoms with Gasteiger partial charge >= 0.3 is 0 Å². The van der Waals surface area contributed by atoms with Crippen LogP contribution in [0.15, 0.2) is 42.7 Å². The zero-order valence-electron chi connectivity index (χ0n) is 16.1. The van der Waals surface area contributed by atoms with E-state index in [1.54, 1.807) is 10.7 Å². The predicted molar refractivity (Wildman–Crippen MR) is 117 cm³/mol. The van der Waals surface area contributed by atoms with Gasteiger partial charge in [-0.3, -0.25) is 10.1 Å². The van der Waals surface area contributed by atoms with Crippen LogP contribution in [0.4, 0.5) is 5.95 Å². The highest BCUT2D eigenvalue weighted by atomic mass is 127. The van der Waals surface area contributed by atoms with Gasteiger partial charge in [-0.25, -0.2) is 4.68 Å². The number of fused-ring (bicyclic) bond motifs is 1. The maximum Gasteiger partial charge on any atom is 0.229 e. The van der Waals surface area contributed by atoms with Crippen molar-refractivity contribution in [2.45, 2.75) is 26.0 Å². The van der Waals surface area contributed by atoms with Gasteiger partial charge in [0.1, 0.15) is 12.9 Å². The van der Waals surface area contributed by atoms with E-state index in [9.17, 15) is 10.1 Å². The highest BCUT2D eigenvalue weighted by molar-refractivity contribution is 14.1. The van der Waals surface area contributed by atoms with Gasteiger partial charge in [0.25, 0.3) is 0 Å². The standard InChI is InChI=1S/C21H18IN5O3/c1-2-29-18-8-15(17-9-19(28)26-21-24-12-25-27(17)21)7-16(22)20(18)30-11-14-6-4-3-5-13(14)10-23/h3-8,12,17H,2,9,11H2,1H3,(H,24,25,26,28)/t17-/m0/s1. The summed E-state index contributed by atoms with van der Waals surface area (Å²) in [5, 5.41) is 16.3. The number of carbonyl (C=O) groups is 1. The van der Waals surface area contributed by atoms with Crippen LogP contribution in [0.25, 0.3) is 0 Å². The van der Waals surface area contributed by atoms with Gasteiger partial charge in [0.05, 0.1) is 34.3 Å². The molecule has 0 saturated heterocycles. The monoisotopic (exact) mass is 515 g/mol. The van der Waals surface area contributed by atoms with E-state index >= 15 is 0 Å². The number of rotatable bonds is 6. The number of nitrogens with zero attached hydrogens (tertiary/aromatic N) is 4. The third-order valence-corrected chi connectivity index (χ3v) is 5.53. The zero-order chi connectivity index (χ0) is 21.1. The van der Waals surface area contributed by atoms with Crippen molar-refractivity contribution in [1.29, 1.82) is 5.26 Å². The van der Waals surface area contributed by atoms with Crippen molar-refractivity contribution < 1.29 is 14.3 Å². The van der Waals surface area contributed by atoms with Gasteiger partial charge in [-0.2, -0.15) is 15.3 Å². The van der Waals surface area contributed by atoms with Crippen molar-refractivity contribution in [3.05, 3.63) is 63.0 Å². The van der Waals surface area contributed by atoms with Crippen molar-refractivity contribution in [2.75, 3.05) is 11.9 Å². The molecule has 3 aromatic rings. The fraction of sp³-hybridized carbons (Fsp3) is 0.238. The summed E-state index contributed by atoms with van der Waals surface area (Å²) in [7, 11) is 0. The van der Waals surface area contributed by atoms with Crippen LogP contribution in [0.3, 0.4) is 0 Å². The SMILES string of the molecule is CCOc1cc([C@@H]2CC(=O)Nc3ncnn32)cc(I)c1OCc1ccccc1C#N. The largest absolute Gasteiger partial charge is 0.490 e. The number of benzene rings is 2. The minimum absolute atomic E-state index is 0.109. The summed E-state index contributed by atoms with van der Waals surface area (Å²) in [6.07, 6.45) is 1.68.